The van der Waals surface area contributed by atoms with Crippen molar-refractivity contribution in [1.29, 1.82) is 0 Å². The molecule has 0 radical (unpaired) electrons. The van der Waals surface area contributed by atoms with Gasteiger partial charge in [0.2, 0.25) is 0 Å². The highest BCUT2D eigenvalue weighted by atomic mass is 16.3. The lowest BCUT2D eigenvalue weighted by Gasteiger charge is -2.32. The van der Waals surface area contributed by atoms with Crippen LogP contribution >= 0.6 is 0 Å². The molecule has 3 rings (SSSR count). The van der Waals surface area contributed by atoms with Gasteiger partial charge in [-0.05, 0) is 55.2 Å². The molecule has 3 N–H and O–H groups in total. The van der Waals surface area contributed by atoms with Crippen molar-refractivity contribution in [1.82, 2.24) is 4.98 Å². The number of pyridine rings is 1. The molecule has 1 aromatic rings. The zero-order valence-corrected chi connectivity index (χ0v) is 9.39. The predicted octanol–water partition coefficient (Wildman–Crippen LogP) is 1.76. The fourth-order valence-corrected chi connectivity index (χ4v) is 3.59. The Morgan fingerprint density at radius 3 is 3.00 bits per heavy atom. The Balaban J connectivity index is 1.79. The Labute approximate surface area is 95.7 Å². The van der Waals surface area contributed by atoms with E-state index in [0.29, 0.717) is 11.7 Å². The molecule has 2 fully saturated rings. The quantitative estimate of drug-likeness (QED) is 0.795. The minimum atomic E-state index is -0.475. The smallest absolute Gasteiger partial charge is 0.123 e. The van der Waals surface area contributed by atoms with E-state index < -0.39 is 5.60 Å². The standard InChI is InChI=1S/C13H18N2O/c14-12-6-10(3-4-15-12)8-13(16)7-9-1-2-11(13)5-9/h3-4,6,9,11,16H,1-2,5,7-8H2,(H2,14,15). The number of hydrogen-bond donors (Lipinski definition) is 2. The van der Waals surface area contributed by atoms with E-state index in [2.05, 4.69) is 4.98 Å². The molecule has 3 atom stereocenters. The van der Waals surface area contributed by atoms with Crippen LogP contribution in [0.3, 0.4) is 0 Å². The summed E-state index contributed by atoms with van der Waals surface area (Å²) in [6.07, 6.45) is 7.16. The van der Waals surface area contributed by atoms with E-state index >= 15 is 0 Å². The number of aliphatic hydroxyl groups is 1. The summed E-state index contributed by atoms with van der Waals surface area (Å²) < 4.78 is 0. The maximum absolute atomic E-state index is 10.7. The van der Waals surface area contributed by atoms with Crippen LogP contribution in [0.1, 0.15) is 31.2 Å². The van der Waals surface area contributed by atoms with Gasteiger partial charge >= 0.3 is 0 Å². The molecule has 1 heterocycles. The van der Waals surface area contributed by atoms with Crippen molar-refractivity contribution >= 4 is 5.82 Å². The lowest BCUT2D eigenvalue weighted by Crippen LogP contribution is -2.37. The molecule has 86 valence electrons. The summed E-state index contributed by atoms with van der Waals surface area (Å²) in [5, 5.41) is 10.7. The zero-order chi connectivity index (χ0) is 11.2. The van der Waals surface area contributed by atoms with E-state index in [0.717, 1.165) is 24.3 Å². The fourth-order valence-electron chi connectivity index (χ4n) is 3.59. The lowest BCUT2D eigenvalue weighted by molar-refractivity contribution is -0.0125. The molecular formula is C13H18N2O. The molecule has 2 bridgehead atoms. The van der Waals surface area contributed by atoms with E-state index in [-0.39, 0.29) is 0 Å². The Morgan fingerprint density at radius 1 is 1.50 bits per heavy atom. The molecule has 16 heavy (non-hydrogen) atoms. The highest BCUT2D eigenvalue weighted by Gasteiger charge is 2.49. The van der Waals surface area contributed by atoms with Gasteiger partial charge in [0.05, 0.1) is 5.60 Å². The number of nitrogen functional groups attached to an aromatic ring is 1. The predicted molar refractivity (Wildman–Crippen MR) is 62.8 cm³/mol. The molecule has 3 nitrogen and oxygen atoms in total. The maximum atomic E-state index is 10.7. The summed E-state index contributed by atoms with van der Waals surface area (Å²) in [6, 6.07) is 3.84. The molecule has 2 aliphatic rings. The third-order valence-corrected chi connectivity index (χ3v) is 4.30. The Bertz CT molecular complexity index is 407. The van der Waals surface area contributed by atoms with E-state index in [4.69, 9.17) is 5.73 Å². The number of rotatable bonds is 2. The van der Waals surface area contributed by atoms with Gasteiger partial charge in [-0.2, -0.15) is 0 Å². The Hall–Kier alpha value is -1.09. The van der Waals surface area contributed by atoms with Crippen molar-refractivity contribution in [3.05, 3.63) is 23.9 Å². The number of anilines is 1. The zero-order valence-electron chi connectivity index (χ0n) is 9.39. The molecule has 3 unspecified atom stereocenters. The maximum Gasteiger partial charge on any atom is 0.123 e. The van der Waals surface area contributed by atoms with E-state index in [1.165, 1.54) is 19.3 Å². The molecule has 2 aliphatic carbocycles. The lowest BCUT2D eigenvalue weighted by atomic mass is 9.80. The second kappa shape index (κ2) is 3.45. The summed E-state index contributed by atoms with van der Waals surface area (Å²) in [5.74, 6) is 1.81. The monoisotopic (exact) mass is 218 g/mol. The van der Waals surface area contributed by atoms with Gasteiger partial charge in [-0.3, -0.25) is 0 Å². The van der Waals surface area contributed by atoms with E-state index in [1.54, 1.807) is 6.20 Å². The minimum absolute atomic E-state index is 0.475. The van der Waals surface area contributed by atoms with Gasteiger partial charge in [0.25, 0.3) is 0 Å². The topological polar surface area (TPSA) is 59.1 Å². The van der Waals surface area contributed by atoms with Crippen LogP contribution < -0.4 is 5.73 Å². The number of aromatic nitrogens is 1. The first-order chi connectivity index (χ1) is 7.66. The number of nitrogens with two attached hydrogens (primary N) is 1. The van der Waals surface area contributed by atoms with Crippen LogP contribution in [0, 0.1) is 11.8 Å². The molecule has 3 heteroatoms. The van der Waals surface area contributed by atoms with E-state index in [1.807, 2.05) is 12.1 Å². The highest BCUT2D eigenvalue weighted by Crippen LogP contribution is 2.51. The van der Waals surface area contributed by atoms with Crippen molar-refractivity contribution in [2.24, 2.45) is 11.8 Å². The van der Waals surface area contributed by atoms with Crippen LogP contribution in [-0.4, -0.2) is 15.7 Å². The van der Waals surface area contributed by atoms with Crippen LogP contribution in [0.5, 0.6) is 0 Å². The molecular weight excluding hydrogens is 200 g/mol. The van der Waals surface area contributed by atoms with Crippen molar-refractivity contribution in [2.45, 2.75) is 37.7 Å². The largest absolute Gasteiger partial charge is 0.389 e. The minimum Gasteiger partial charge on any atom is -0.389 e. The van der Waals surface area contributed by atoms with Gasteiger partial charge in [0.1, 0.15) is 5.82 Å². The molecule has 0 saturated heterocycles. The average Bonchev–Trinajstić information content (AvgIpc) is 2.76. The van der Waals surface area contributed by atoms with E-state index in [9.17, 15) is 5.11 Å². The first-order valence-corrected chi connectivity index (χ1v) is 6.08. The van der Waals surface area contributed by atoms with Crippen molar-refractivity contribution < 1.29 is 5.11 Å². The third kappa shape index (κ3) is 1.59. The van der Waals surface area contributed by atoms with Gasteiger partial charge < -0.3 is 10.8 Å². The summed E-state index contributed by atoms with van der Waals surface area (Å²) in [6.45, 7) is 0. The molecule has 1 aromatic heterocycles. The number of nitrogens with zero attached hydrogens (tertiary/aromatic N) is 1. The molecule has 0 spiro atoms. The van der Waals surface area contributed by atoms with Crippen molar-refractivity contribution in [3.8, 4) is 0 Å². The number of hydrogen-bond acceptors (Lipinski definition) is 3. The Kier molecular flexibility index (Phi) is 2.18. The second-order valence-electron chi connectivity index (χ2n) is 5.45. The average molecular weight is 218 g/mol. The van der Waals surface area contributed by atoms with Gasteiger partial charge in [0, 0.05) is 12.6 Å². The molecule has 0 amide bonds. The second-order valence-corrected chi connectivity index (χ2v) is 5.45. The first-order valence-electron chi connectivity index (χ1n) is 6.08. The van der Waals surface area contributed by atoms with Crippen LogP contribution in [0.4, 0.5) is 5.82 Å². The summed E-state index contributed by atoms with van der Waals surface area (Å²) in [4.78, 5) is 3.98. The molecule has 0 aliphatic heterocycles. The summed E-state index contributed by atoms with van der Waals surface area (Å²) in [5.41, 5.74) is 6.30. The molecule has 0 aromatic carbocycles. The van der Waals surface area contributed by atoms with Crippen LogP contribution in [0.15, 0.2) is 18.3 Å². The van der Waals surface area contributed by atoms with Crippen LogP contribution in [0.2, 0.25) is 0 Å². The van der Waals surface area contributed by atoms with Crippen molar-refractivity contribution in [2.75, 3.05) is 5.73 Å². The van der Waals surface area contributed by atoms with Gasteiger partial charge in [-0.15, -0.1) is 0 Å². The van der Waals surface area contributed by atoms with Crippen LogP contribution in [0.25, 0.3) is 0 Å². The van der Waals surface area contributed by atoms with Crippen LogP contribution in [-0.2, 0) is 6.42 Å². The SMILES string of the molecule is Nc1cc(CC2(O)CC3CCC2C3)ccn1. The van der Waals surface area contributed by atoms with Crippen molar-refractivity contribution in [3.63, 3.8) is 0 Å². The summed E-state index contributed by atoms with van der Waals surface area (Å²) in [7, 11) is 0. The fraction of sp³-hybridized carbons (Fsp3) is 0.615. The summed E-state index contributed by atoms with van der Waals surface area (Å²) >= 11 is 0. The Morgan fingerprint density at radius 2 is 2.38 bits per heavy atom. The van der Waals surface area contributed by atoms with Gasteiger partial charge in [0.15, 0.2) is 0 Å². The highest BCUT2D eigenvalue weighted by molar-refractivity contribution is 5.33. The first kappa shape index (κ1) is 10.1. The number of fused-ring (bicyclic) bond motifs is 2. The van der Waals surface area contributed by atoms with Gasteiger partial charge in [-0.25, -0.2) is 4.98 Å². The third-order valence-electron chi connectivity index (χ3n) is 4.30. The van der Waals surface area contributed by atoms with Gasteiger partial charge in [-0.1, -0.05) is 0 Å². The molecule has 2 saturated carbocycles. The normalized spacial score (nSPS) is 36.8.